The van der Waals surface area contributed by atoms with Gasteiger partial charge in [-0.2, -0.15) is 0 Å². The molecule has 148 valence electrons. The molecule has 0 bridgehead atoms. The Kier molecular flexibility index (Phi) is 6.04. The Morgan fingerprint density at radius 1 is 1.11 bits per heavy atom. The van der Waals surface area contributed by atoms with Crippen molar-refractivity contribution in [1.82, 2.24) is 20.7 Å². The average Bonchev–Trinajstić information content (AvgIpc) is 3.36. The minimum absolute atomic E-state index is 0.141. The first-order valence-corrected chi connectivity index (χ1v) is 10.0. The third kappa shape index (κ3) is 4.33. The smallest absolute Gasteiger partial charge is 0.241 e. The molecular weight excluding hydrogens is 344 g/mol. The summed E-state index contributed by atoms with van der Waals surface area (Å²) in [6, 6.07) is 10.2. The van der Waals surface area contributed by atoms with Gasteiger partial charge in [0.2, 0.25) is 5.91 Å². The number of rotatable bonds is 5. The van der Waals surface area contributed by atoms with Gasteiger partial charge in [0, 0.05) is 51.3 Å². The zero-order valence-electron chi connectivity index (χ0n) is 15.7. The van der Waals surface area contributed by atoms with Crippen LogP contribution in [-0.2, 0) is 9.53 Å². The van der Waals surface area contributed by atoms with Crippen molar-refractivity contribution in [2.24, 2.45) is 11.8 Å². The molecule has 3 aliphatic heterocycles. The minimum atomic E-state index is -0.211. The predicted molar refractivity (Wildman–Crippen MR) is 102 cm³/mol. The zero-order valence-corrected chi connectivity index (χ0v) is 15.7. The predicted octanol–water partition coefficient (Wildman–Crippen LogP) is -0.00670. The van der Waals surface area contributed by atoms with Gasteiger partial charge in [-0.3, -0.25) is 9.69 Å². The van der Waals surface area contributed by atoms with Gasteiger partial charge >= 0.3 is 0 Å². The Bertz CT molecular complexity index is 623. The van der Waals surface area contributed by atoms with Crippen LogP contribution < -0.4 is 10.9 Å². The molecule has 0 saturated carbocycles. The molecule has 3 N–H and O–H groups in total. The third-order valence-electron chi connectivity index (χ3n) is 6.12. The number of amides is 1. The fourth-order valence-electron chi connectivity index (χ4n) is 4.49. The van der Waals surface area contributed by atoms with E-state index in [9.17, 15) is 9.90 Å². The van der Waals surface area contributed by atoms with Crippen LogP contribution in [0.25, 0.3) is 0 Å². The summed E-state index contributed by atoms with van der Waals surface area (Å²) in [6.07, 6.45) is 0.747. The van der Waals surface area contributed by atoms with Crippen molar-refractivity contribution in [3.05, 3.63) is 35.9 Å². The molecule has 7 heteroatoms. The molecule has 4 rings (SSSR count). The second-order valence-electron chi connectivity index (χ2n) is 7.90. The van der Waals surface area contributed by atoms with Crippen LogP contribution in [0.1, 0.15) is 18.0 Å². The summed E-state index contributed by atoms with van der Waals surface area (Å²) in [6.45, 7) is 5.89. The molecule has 2 unspecified atom stereocenters. The van der Waals surface area contributed by atoms with Crippen molar-refractivity contribution >= 4 is 5.91 Å². The van der Waals surface area contributed by atoms with Crippen LogP contribution in [0.2, 0.25) is 0 Å². The second kappa shape index (κ2) is 8.67. The first kappa shape index (κ1) is 18.8. The molecule has 4 atom stereocenters. The zero-order chi connectivity index (χ0) is 18.6. The van der Waals surface area contributed by atoms with Crippen molar-refractivity contribution < 1.29 is 14.6 Å². The number of aliphatic hydroxyl groups is 1. The molecule has 1 aromatic carbocycles. The topological polar surface area (TPSA) is 77.1 Å². The summed E-state index contributed by atoms with van der Waals surface area (Å²) in [5.41, 5.74) is 7.64. The van der Waals surface area contributed by atoms with Gasteiger partial charge in [0.25, 0.3) is 0 Å². The van der Waals surface area contributed by atoms with Crippen LogP contribution in [-0.4, -0.2) is 79.4 Å². The standard InChI is InChI=1S/C20H30N4O3/c25-14-17-13-24(12-16(17)11-23-6-8-27-9-7-23)20(26)19-10-18(21-22-19)15-4-2-1-3-5-15/h1-5,16-19,21-22,25H,6-14H2/t16-,17-,18?,19?/m0/s1. The Morgan fingerprint density at radius 2 is 1.85 bits per heavy atom. The molecular formula is C20H30N4O3. The average molecular weight is 374 g/mol. The van der Waals surface area contributed by atoms with E-state index in [0.717, 1.165) is 45.8 Å². The van der Waals surface area contributed by atoms with Crippen LogP contribution in [0.15, 0.2) is 30.3 Å². The molecule has 27 heavy (non-hydrogen) atoms. The fourth-order valence-corrected chi connectivity index (χ4v) is 4.49. The number of benzene rings is 1. The van der Waals surface area contributed by atoms with Gasteiger partial charge < -0.3 is 14.7 Å². The Labute approximate surface area is 160 Å². The van der Waals surface area contributed by atoms with Crippen LogP contribution in [0.3, 0.4) is 0 Å². The molecule has 3 aliphatic rings. The summed E-state index contributed by atoms with van der Waals surface area (Å²) >= 11 is 0. The monoisotopic (exact) mass is 374 g/mol. The van der Waals surface area contributed by atoms with E-state index < -0.39 is 0 Å². The number of ether oxygens (including phenoxy) is 1. The quantitative estimate of drug-likeness (QED) is 0.673. The van der Waals surface area contributed by atoms with E-state index >= 15 is 0 Å². The molecule has 1 amide bonds. The molecule has 7 nitrogen and oxygen atoms in total. The van der Waals surface area contributed by atoms with Gasteiger partial charge in [-0.05, 0) is 17.9 Å². The number of carbonyl (C=O) groups is 1. The van der Waals surface area contributed by atoms with Gasteiger partial charge in [-0.1, -0.05) is 30.3 Å². The van der Waals surface area contributed by atoms with Crippen LogP contribution >= 0.6 is 0 Å². The van der Waals surface area contributed by atoms with Crippen LogP contribution in [0.5, 0.6) is 0 Å². The number of hydrogen-bond acceptors (Lipinski definition) is 6. The lowest BCUT2D eigenvalue weighted by Gasteiger charge is -2.30. The number of carbonyl (C=O) groups excluding carboxylic acids is 1. The molecule has 3 heterocycles. The third-order valence-corrected chi connectivity index (χ3v) is 6.12. The summed E-state index contributed by atoms with van der Waals surface area (Å²) in [5, 5.41) is 9.81. The summed E-state index contributed by atoms with van der Waals surface area (Å²) in [4.78, 5) is 17.4. The van der Waals surface area contributed by atoms with Crippen LogP contribution in [0.4, 0.5) is 0 Å². The molecule has 0 spiro atoms. The highest BCUT2D eigenvalue weighted by Crippen LogP contribution is 2.28. The molecule has 3 fully saturated rings. The van der Waals surface area contributed by atoms with E-state index in [0.29, 0.717) is 12.5 Å². The number of nitrogens with one attached hydrogen (secondary N) is 2. The second-order valence-corrected chi connectivity index (χ2v) is 7.90. The molecule has 3 saturated heterocycles. The molecule has 0 aliphatic carbocycles. The molecule has 1 aromatic rings. The highest BCUT2D eigenvalue weighted by molar-refractivity contribution is 5.82. The Balaban J connectivity index is 1.33. The maximum Gasteiger partial charge on any atom is 0.241 e. The van der Waals surface area contributed by atoms with Gasteiger partial charge in [-0.15, -0.1) is 0 Å². The van der Waals surface area contributed by atoms with E-state index in [1.165, 1.54) is 5.56 Å². The number of likely N-dealkylation sites (tertiary alicyclic amines) is 1. The van der Waals surface area contributed by atoms with Gasteiger partial charge in [0.05, 0.1) is 13.2 Å². The molecule has 0 radical (unpaired) electrons. The van der Waals surface area contributed by atoms with Crippen molar-refractivity contribution in [2.75, 3.05) is 52.5 Å². The SMILES string of the molecule is O=C(C1CC(c2ccccc2)NN1)N1C[C@@H](CO)[C@@H](CN2CCOCC2)C1. The number of hydrazine groups is 1. The number of morpholine rings is 1. The van der Waals surface area contributed by atoms with Crippen molar-refractivity contribution in [3.63, 3.8) is 0 Å². The van der Waals surface area contributed by atoms with Crippen molar-refractivity contribution in [2.45, 2.75) is 18.5 Å². The normalized spacial score (nSPS) is 32.1. The van der Waals surface area contributed by atoms with Crippen molar-refractivity contribution in [1.29, 1.82) is 0 Å². The Morgan fingerprint density at radius 3 is 2.59 bits per heavy atom. The number of nitrogens with zero attached hydrogens (tertiary/aromatic N) is 2. The van der Waals surface area contributed by atoms with Gasteiger partial charge in [-0.25, -0.2) is 10.9 Å². The maximum absolute atomic E-state index is 13.0. The minimum Gasteiger partial charge on any atom is -0.396 e. The van der Waals surface area contributed by atoms with E-state index in [-0.39, 0.29) is 30.5 Å². The maximum atomic E-state index is 13.0. The van der Waals surface area contributed by atoms with E-state index in [1.807, 2.05) is 23.1 Å². The summed E-state index contributed by atoms with van der Waals surface area (Å²) in [7, 11) is 0. The Hall–Kier alpha value is -1.51. The summed E-state index contributed by atoms with van der Waals surface area (Å²) in [5.74, 6) is 0.635. The summed E-state index contributed by atoms with van der Waals surface area (Å²) < 4.78 is 5.42. The first-order valence-electron chi connectivity index (χ1n) is 10.0. The van der Waals surface area contributed by atoms with E-state index in [4.69, 9.17) is 4.74 Å². The lowest BCUT2D eigenvalue weighted by Crippen LogP contribution is -2.45. The van der Waals surface area contributed by atoms with E-state index in [1.54, 1.807) is 0 Å². The van der Waals surface area contributed by atoms with Crippen LogP contribution in [0, 0.1) is 11.8 Å². The van der Waals surface area contributed by atoms with Crippen molar-refractivity contribution in [3.8, 4) is 0 Å². The number of aliphatic hydroxyl groups excluding tert-OH is 1. The molecule has 0 aromatic heterocycles. The number of hydrogen-bond donors (Lipinski definition) is 3. The lowest BCUT2D eigenvalue weighted by atomic mass is 9.96. The lowest BCUT2D eigenvalue weighted by molar-refractivity contribution is -0.132. The highest BCUT2D eigenvalue weighted by atomic mass is 16.5. The van der Waals surface area contributed by atoms with E-state index in [2.05, 4.69) is 27.9 Å². The highest BCUT2D eigenvalue weighted by Gasteiger charge is 2.40. The van der Waals surface area contributed by atoms with Gasteiger partial charge in [0.1, 0.15) is 6.04 Å². The fraction of sp³-hybridized carbons (Fsp3) is 0.650. The van der Waals surface area contributed by atoms with Gasteiger partial charge in [0.15, 0.2) is 0 Å². The largest absolute Gasteiger partial charge is 0.396 e. The first-order chi connectivity index (χ1) is 13.2.